The zero-order valence-electron chi connectivity index (χ0n) is 14.6. The largest absolute Gasteiger partial charge is 0.507 e. The van der Waals surface area contributed by atoms with Gasteiger partial charge in [0, 0.05) is 11.6 Å². The van der Waals surface area contributed by atoms with Gasteiger partial charge in [-0.15, -0.1) is 5.10 Å². The van der Waals surface area contributed by atoms with Crippen LogP contribution in [0.4, 0.5) is 10.7 Å². The summed E-state index contributed by atoms with van der Waals surface area (Å²) in [5.74, 6) is 0.450. The molecule has 0 radical (unpaired) electrons. The minimum absolute atomic E-state index is 0.0759. The Kier molecular flexibility index (Phi) is 4.00. The molecule has 0 unspecified atom stereocenters. The van der Waals surface area contributed by atoms with Crippen molar-refractivity contribution in [2.24, 2.45) is 0 Å². The number of carbonyl (C=O) groups excluding carboxylic acids is 1. The van der Waals surface area contributed by atoms with E-state index < -0.39 is 6.09 Å². The Morgan fingerprint density at radius 2 is 1.96 bits per heavy atom. The van der Waals surface area contributed by atoms with E-state index in [4.69, 9.17) is 9.15 Å². The molecule has 1 amide bonds. The molecule has 0 saturated heterocycles. The van der Waals surface area contributed by atoms with Crippen LogP contribution in [0.15, 0.2) is 53.1 Å². The molecule has 0 saturated carbocycles. The van der Waals surface area contributed by atoms with E-state index in [1.165, 1.54) is 12.3 Å². The van der Waals surface area contributed by atoms with Crippen LogP contribution in [0.1, 0.15) is 11.1 Å². The number of aromatic nitrogens is 3. The fraction of sp³-hybridized carbons (Fsp3) is 0.105. The molecule has 3 aromatic heterocycles. The Morgan fingerprint density at radius 1 is 1.19 bits per heavy atom. The summed E-state index contributed by atoms with van der Waals surface area (Å²) in [6.07, 6.45) is 0.651. The van der Waals surface area contributed by atoms with Crippen molar-refractivity contribution in [1.82, 2.24) is 14.6 Å². The van der Waals surface area contributed by atoms with E-state index in [2.05, 4.69) is 15.4 Å². The number of hydrogen-bond acceptors (Lipinski definition) is 6. The lowest BCUT2D eigenvalue weighted by Crippen LogP contribution is -2.17. The monoisotopic (exact) mass is 364 g/mol. The van der Waals surface area contributed by atoms with Crippen LogP contribution in [0.3, 0.4) is 0 Å². The molecule has 27 heavy (non-hydrogen) atoms. The molecule has 8 nitrogen and oxygen atoms in total. The third-order valence-electron chi connectivity index (χ3n) is 4.05. The average molecular weight is 364 g/mol. The number of furan rings is 1. The summed E-state index contributed by atoms with van der Waals surface area (Å²) in [4.78, 5) is 16.2. The number of anilines is 1. The summed E-state index contributed by atoms with van der Waals surface area (Å²) in [7, 11) is 0. The predicted molar refractivity (Wildman–Crippen MR) is 97.9 cm³/mol. The third-order valence-corrected chi connectivity index (χ3v) is 4.05. The van der Waals surface area contributed by atoms with Gasteiger partial charge in [0.05, 0.1) is 12.0 Å². The van der Waals surface area contributed by atoms with Crippen LogP contribution in [0.2, 0.25) is 0 Å². The second kappa shape index (κ2) is 6.49. The van der Waals surface area contributed by atoms with Gasteiger partial charge in [-0.3, -0.25) is 5.32 Å². The number of aromatic hydroxyl groups is 1. The number of pyridine rings is 1. The van der Waals surface area contributed by atoms with Crippen molar-refractivity contribution < 1.29 is 19.1 Å². The van der Waals surface area contributed by atoms with Crippen LogP contribution in [-0.4, -0.2) is 25.8 Å². The fourth-order valence-corrected chi connectivity index (χ4v) is 2.81. The van der Waals surface area contributed by atoms with E-state index in [0.717, 1.165) is 22.4 Å². The first kappa shape index (κ1) is 16.6. The Bertz CT molecular complexity index is 1110. The number of benzene rings is 1. The molecule has 2 N–H and O–H groups in total. The van der Waals surface area contributed by atoms with Gasteiger partial charge in [0.2, 0.25) is 0 Å². The Hall–Kier alpha value is -3.81. The van der Waals surface area contributed by atoms with Crippen LogP contribution >= 0.6 is 0 Å². The minimum atomic E-state index is -0.751. The van der Waals surface area contributed by atoms with Crippen molar-refractivity contribution in [3.05, 3.63) is 59.9 Å². The number of hydrogen-bond donors (Lipinski definition) is 2. The van der Waals surface area contributed by atoms with Crippen LogP contribution in [-0.2, 0) is 0 Å². The van der Waals surface area contributed by atoms with E-state index in [-0.39, 0.29) is 17.6 Å². The van der Waals surface area contributed by atoms with Crippen molar-refractivity contribution in [3.8, 4) is 23.0 Å². The number of phenolic OH excluding ortho intramolecular Hbond substituents is 1. The molecular weight excluding hydrogens is 348 g/mol. The molecule has 0 aliphatic heterocycles. The van der Waals surface area contributed by atoms with Crippen molar-refractivity contribution >= 4 is 17.7 Å². The standard InChI is InChI=1S/C19H16N4O4/c1-11-9-13(10-12(2)17(11)24)14-5-3-6-15-20-18(22-23(14)15)21-19(25)27-16-7-4-8-26-16/h3-10,24H,1-2H3,(H,21,22,25). The number of rotatable bonds is 3. The smallest absolute Gasteiger partial charge is 0.421 e. The number of amides is 1. The number of aryl methyl sites for hydroxylation is 2. The summed E-state index contributed by atoms with van der Waals surface area (Å²) < 4.78 is 11.6. The number of nitrogens with zero attached hydrogens (tertiary/aromatic N) is 3. The number of nitrogens with one attached hydrogen (secondary N) is 1. The maximum Gasteiger partial charge on any atom is 0.421 e. The molecule has 0 atom stereocenters. The summed E-state index contributed by atoms with van der Waals surface area (Å²) in [5.41, 5.74) is 3.75. The number of fused-ring (bicyclic) bond motifs is 1. The maximum atomic E-state index is 11.9. The van der Waals surface area contributed by atoms with E-state index >= 15 is 0 Å². The fourth-order valence-electron chi connectivity index (χ4n) is 2.81. The summed E-state index contributed by atoms with van der Waals surface area (Å²) >= 11 is 0. The second-order valence-electron chi connectivity index (χ2n) is 6.02. The van der Waals surface area contributed by atoms with Gasteiger partial charge in [0.25, 0.3) is 11.9 Å². The first-order chi connectivity index (χ1) is 13.0. The number of ether oxygens (including phenoxy) is 1. The molecule has 136 valence electrons. The van der Waals surface area contributed by atoms with E-state index in [1.54, 1.807) is 16.6 Å². The Labute approximate surface area is 154 Å². The van der Waals surface area contributed by atoms with Crippen molar-refractivity contribution in [1.29, 1.82) is 0 Å². The summed E-state index contributed by atoms with van der Waals surface area (Å²) in [5, 5.41) is 16.8. The van der Waals surface area contributed by atoms with Crippen molar-refractivity contribution in [3.63, 3.8) is 0 Å². The molecule has 3 heterocycles. The van der Waals surface area contributed by atoms with E-state index in [0.29, 0.717) is 5.65 Å². The Morgan fingerprint density at radius 3 is 2.67 bits per heavy atom. The summed E-state index contributed by atoms with van der Waals surface area (Å²) in [6, 6.07) is 12.4. The summed E-state index contributed by atoms with van der Waals surface area (Å²) in [6.45, 7) is 3.68. The van der Waals surface area contributed by atoms with Crippen LogP contribution < -0.4 is 10.1 Å². The van der Waals surface area contributed by atoms with E-state index in [9.17, 15) is 9.90 Å². The van der Waals surface area contributed by atoms with Gasteiger partial charge >= 0.3 is 6.09 Å². The van der Waals surface area contributed by atoms with Crippen LogP contribution in [0.25, 0.3) is 16.9 Å². The molecule has 4 aromatic rings. The molecule has 0 aliphatic rings. The lowest BCUT2D eigenvalue weighted by molar-refractivity contribution is 0.202. The zero-order valence-corrected chi connectivity index (χ0v) is 14.6. The van der Waals surface area contributed by atoms with Crippen LogP contribution in [0, 0.1) is 13.8 Å². The average Bonchev–Trinajstić information content (AvgIpc) is 3.27. The zero-order chi connectivity index (χ0) is 19.0. The van der Waals surface area contributed by atoms with Gasteiger partial charge in [-0.2, -0.15) is 4.98 Å². The topological polar surface area (TPSA) is 102 Å². The van der Waals surface area contributed by atoms with Crippen molar-refractivity contribution in [2.45, 2.75) is 13.8 Å². The highest BCUT2D eigenvalue weighted by atomic mass is 16.6. The number of phenols is 1. The maximum absolute atomic E-state index is 11.9. The molecule has 0 fully saturated rings. The van der Waals surface area contributed by atoms with Gasteiger partial charge in [-0.25, -0.2) is 9.31 Å². The van der Waals surface area contributed by atoms with Crippen LogP contribution in [0.5, 0.6) is 11.7 Å². The highest BCUT2D eigenvalue weighted by Crippen LogP contribution is 2.29. The Balaban J connectivity index is 1.67. The highest BCUT2D eigenvalue weighted by Gasteiger charge is 2.14. The predicted octanol–water partition coefficient (Wildman–Crippen LogP) is 3.92. The first-order valence-corrected chi connectivity index (χ1v) is 8.20. The van der Waals surface area contributed by atoms with Gasteiger partial charge in [0.15, 0.2) is 5.65 Å². The number of carbonyl (C=O) groups is 1. The molecular formula is C19H16N4O4. The van der Waals surface area contributed by atoms with Gasteiger partial charge < -0.3 is 14.3 Å². The van der Waals surface area contributed by atoms with Gasteiger partial charge in [-0.1, -0.05) is 6.07 Å². The molecule has 0 bridgehead atoms. The molecule has 4 rings (SSSR count). The van der Waals surface area contributed by atoms with Crippen molar-refractivity contribution in [2.75, 3.05) is 5.32 Å². The first-order valence-electron chi connectivity index (χ1n) is 8.20. The highest BCUT2D eigenvalue weighted by molar-refractivity contribution is 5.84. The van der Waals surface area contributed by atoms with Gasteiger partial charge in [-0.05, 0) is 55.3 Å². The molecule has 0 aliphatic carbocycles. The lowest BCUT2D eigenvalue weighted by Gasteiger charge is -2.09. The van der Waals surface area contributed by atoms with E-state index in [1.807, 2.05) is 38.1 Å². The van der Waals surface area contributed by atoms with Gasteiger partial charge in [0.1, 0.15) is 5.75 Å². The molecule has 8 heteroatoms. The minimum Gasteiger partial charge on any atom is -0.507 e. The quantitative estimate of drug-likeness (QED) is 0.571. The SMILES string of the molecule is Cc1cc(-c2cccc3nc(NC(=O)Oc4ccco4)nn23)cc(C)c1O. The lowest BCUT2D eigenvalue weighted by atomic mass is 10.0. The molecule has 0 spiro atoms. The normalized spacial score (nSPS) is 10.9. The second-order valence-corrected chi connectivity index (χ2v) is 6.02. The third kappa shape index (κ3) is 3.20. The molecule has 1 aromatic carbocycles.